The molecule has 0 aromatic rings. The van der Waals surface area contributed by atoms with Crippen LogP contribution in [0.25, 0.3) is 0 Å². The Hall–Kier alpha value is -1.68. The lowest BCUT2D eigenvalue weighted by molar-refractivity contribution is -0.172. The molecular formula is C21H37N3O6. The van der Waals surface area contributed by atoms with Crippen molar-refractivity contribution in [2.75, 3.05) is 40.0 Å². The van der Waals surface area contributed by atoms with E-state index in [2.05, 4.69) is 10.6 Å². The zero-order valence-electron chi connectivity index (χ0n) is 18.8. The van der Waals surface area contributed by atoms with Crippen LogP contribution in [0.5, 0.6) is 0 Å². The van der Waals surface area contributed by atoms with Crippen LogP contribution in [-0.2, 0) is 23.7 Å². The molecule has 4 atom stereocenters. The Morgan fingerprint density at radius 1 is 1.27 bits per heavy atom. The van der Waals surface area contributed by atoms with Gasteiger partial charge in [0.1, 0.15) is 12.2 Å². The number of amides is 2. The molecule has 1 spiro atoms. The molecule has 9 heteroatoms. The van der Waals surface area contributed by atoms with Gasteiger partial charge in [0, 0.05) is 26.1 Å². The highest BCUT2D eigenvalue weighted by molar-refractivity contribution is 5.77. The quantitative estimate of drug-likeness (QED) is 0.271. The predicted molar refractivity (Wildman–Crippen MR) is 112 cm³/mol. The summed E-state index contributed by atoms with van der Waals surface area (Å²) in [7, 11) is 1.63. The molecule has 1 aliphatic carbocycles. The molecule has 3 unspecified atom stereocenters. The maximum Gasteiger partial charge on any atom is 0.407 e. The van der Waals surface area contributed by atoms with Crippen LogP contribution >= 0.6 is 0 Å². The molecule has 4 N–H and O–H groups in total. The van der Waals surface area contributed by atoms with Gasteiger partial charge >= 0.3 is 6.09 Å². The summed E-state index contributed by atoms with van der Waals surface area (Å²) in [6.45, 7) is 9.75. The third-order valence-electron chi connectivity index (χ3n) is 5.76. The first kappa shape index (κ1) is 24.6. The third kappa shape index (κ3) is 6.41. The molecule has 30 heavy (non-hydrogen) atoms. The molecule has 1 heterocycles. The van der Waals surface area contributed by atoms with E-state index in [0.717, 1.165) is 6.42 Å². The van der Waals surface area contributed by atoms with Gasteiger partial charge in [-0.15, -0.1) is 0 Å². The van der Waals surface area contributed by atoms with Crippen LogP contribution in [0, 0.1) is 5.92 Å². The number of allylic oxidation sites excluding steroid dienone is 1. The second-order valence-corrected chi connectivity index (χ2v) is 8.69. The van der Waals surface area contributed by atoms with Crippen LogP contribution in [-0.4, -0.2) is 75.4 Å². The molecule has 1 aliphatic heterocycles. The van der Waals surface area contributed by atoms with Crippen LogP contribution in [0.4, 0.5) is 4.79 Å². The molecule has 0 aromatic heterocycles. The molecule has 9 nitrogen and oxygen atoms in total. The number of alkyl carbamates (subject to hydrolysis) is 1. The molecule has 172 valence electrons. The summed E-state index contributed by atoms with van der Waals surface area (Å²) in [5.74, 6) is -0.360. The van der Waals surface area contributed by atoms with Crippen LogP contribution in [0.15, 0.2) is 11.6 Å². The van der Waals surface area contributed by atoms with Crippen molar-refractivity contribution in [2.45, 2.75) is 63.9 Å². The van der Waals surface area contributed by atoms with E-state index in [1.807, 2.05) is 33.8 Å². The number of methoxy groups -OCH3 is 1. The zero-order valence-corrected chi connectivity index (χ0v) is 18.8. The number of nitrogens with two attached hydrogens (primary N) is 1. The van der Waals surface area contributed by atoms with Gasteiger partial charge in [0.2, 0.25) is 5.91 Å². The highest BCUT2D eigenvalue weighted by Crippen LogP contribution is 2.52. The summed E-state index contributed by atoms with van der Waals surface area (Å²) < 4.78 is 23.6. The van der Waals surface area contributed by atoms with E-state index in [-0.39, 0.29) is 43.2 Å². The minimum absolute atomic E-state index is 0.0846. The van der Waals surface area contributed by atoms with Crippen LogP contribution in [0.3, 0.4) is 0 Å². The fraction of sp³-hybridized carbons (Fsp3) is 0.810. The Bertz CT molecular complexity index is 628. The number of carbonyl (C=O) groups is 2. The van der Waals surface area contributed by atoms with E-state index in [4.69, 9.17) is 24.7 Å². The Labute approximate surface area is 179 Å². The maximum atomic E-state index is 12.3. The van der Waals surface area contributed by atoms with Crippen molar-refractivity contribution in [2.24, 2.45) is 11.7 Å². The fourth-order valence-electron chi connectivity index (χ4n) is 4.21. The van der Waals surface area contributed by atoms with Crippen molar-refractivity contribution in [3.8, 4) is 0 Å². The topological polar surface area (TPSA) is 124 Å². The number of hydrogen-bond donors (Lipinski definition) is 3. The normalized spacial score (nSPS) is 28.0. The zero-order chi connectivity index (χ0) is 22.4. The highest BCUT2D eigenvalue weighted by Gasteiger charge is 2.64. The number of rotatable bonds is 10. The molecule has 0 radical (unpaired) electrons. The van der Waals surface area contributed by atoms with Gasteiger partial charge in [-0.25, -0.2) is 4.79 Å². The van der Waals surface area contributed by atoms with Crippen molar-refractivity contribution in [3.05, 3.63) is 11.6 Å². The van der Waals surface area contributed by atoms with Gasteiger partial charge in [-0.2, -0.15) is 0 Å². The van der Waals surface area contributed by atoms with Gasteiger partial charge in [0.05, 0.1) is 31.0 Å². The molecule has 0 bridgehead atoms. The van der Waals surface area contributed by atoms with Gasteiger partial charge in [-0.1, -0.05) is 11.6 Å². The van der Waals surface area contributed by atoms with E-state index in [0.29, 0.717) is 19.6 Å². The summed E-state index contributed by atoms with van der Waals surface area (Å²) in [6.07, 6.45) is 2.15. The van der Waals surface area contributed by atoms with Crippen LogP contribution < -0.4 is 16.4 Å². The van der Waals surface area contributed by atoms with Crippen molar-refractivity contribution in [3.63, 3.8) is 0 Å². The third-order valence-corrected chi connectivity index (χ3v) is 5.76. The van der Waals surface area contributed by atoms with Crippen LogP contribution in [0.2, 0.25) is 0 Å². The first-order valence-electron chi connectivity index (χ1n) is 10.5. The number of hydrogen-bond acceptors (Lipinski definition) is 7. The number of epoxide rings is 1. The highest BCUT2D eigenvalue weighted by atomic mass is 16.6. The molecular weight excluding hydrogens is 390 g/mol. The predicted octanol–water partition coefficient (Wildman–Crippen LogP) is 1.11. The lowest BCUT2D eigenvalue weighted by Crippen LogP contribution is -2.59. The standard InChI is InChI=1S/C21H37N3O6/c1-14(2)7-11-28-20(3,4)18-17(27-5)15(6-8-21(18)13-29-21)30-19(26)24-10-9-23-16(25)12-22/h7,15,17-18H,6,8-13,22H2,1-5H3,(H,23,25)(H,24,26)/t15?,17?,18?,21-/m0/s1. The summed E-state index contributed by atoms with van der Waals surface area (Å²) in [5, 5.41) is 5.24. The number of ether oxygens (including phenoxy) is 4. The van der Waals surface area contributed by atoms with Gasteiger partial charge in [0.25, 0.3) is 0 Å². The SMILES string of the molecule is COC1C(OC(=O)NCCNC(=O)CN)CC[C@]2(CO2)C1C(C)(C)OCC=C(C)C. The Kier molecular flexibility index (Phi) is 8.66. The maximum absolute atomic E-state index is 12.3. The second kappa shape index (κ2) is 10.6. The molecule has 2 rings (SSSR count). The first-order valence-corrected chi connectivity index (χ1v) is 10.5. The van der Waals surface area contributed by atoms with E-state index in [9.17, 15) is 9.59 Å². The summed E-state index contributed by atoms with van der Waals surface area (Å²) in [4.78, 5) is 23.4. The second-order valence-electron chi connectivity index (χ2n) is 8.69. The van der Waals surface area contributed by atoms with E-state index < -0.39 is 17.8 Å². The monoisotopic (exact) mass is 427 g/mol. The Morgan fingerprint density at radius 2 is 1.93 bits per heavy atom. The molecule has 0 aromatic carbocycles. The lowest BCUT2D eigenvalue weighted by atomic mass is 9.68. The average molecular weight is 428 g/mol. The van der Waals surface area contributed by atoms with E-state index in [1.54, 1.807) is 7.11 Å². The van der Waals surface area contributed by atoms with Crippen molar-refractivity contribution >= 4 is 12.0 Å². The average Bonchev–Trinajstić information content (AvgIpc) is 3.45. The molecule has 2 amide bonds. The van der Waals surface area contributed by atoms with Crippen molar-refractivity contribution in [1.82, 2.24) is 10.6 Å². The van der Waals surface area contributed by atoms with Gasteiger partial charge in [-0.3, -0.25) is 4.79 Å². The molecule has 1 saturated carbocycles. The van der Waals surface area contributed by atoms with Gasteiger partial charge in [-0.05, 0) is 40.5 Å². The van der Waals surface area contributed by atoms with Gasteiger partial charge < -0.3 is 35.3 Å². The first-order chi connectivity index (χ1) is 14.1. The Balaban J connectivity index is 1.98. The molecule has 2 fully saturated rings. The van der Waals surface area contributed by atoms with Gasteiger partial charge in [0.15, 0.2) is 0 Å². The number of nitrogens with one attached hydrogen (secondary N) is 2. The molecule has 2 aliphatic rings. The number of carbonyl (C=O) groups excluding carboxylic acids is 2. The summed E-state index contributed by atoms with van der Waals surface area (Å²) in [5.41, 5.74) is 5.59. The minimum atomic E-state index is -0.543. The smallest absolute Gasteiger partial charge is 0.407 e. The fourth-order valence-corrected chi connectivity index (χ4v) is 4.21. The Morgan fingerprint density at radius 3 is 2.50 bits per heavy atom. The van der Waals surface area contributed by atoms with Crippen molar-refractivity contribution in [1.29, 1.82) is 0 Å². The van der Waals surface area contributed by atoms with Crippen molar-refractivity contribution < 1.29 is 28.5 Å². The summed E-state index contributed by atoms with van der Waals surface area (Å²) in [6, 6.07) is 0. The lowest BCUT2D eigenvalue weighted by Gasteiger charge is -2.47. The largest absolute Gasteiger partial charge is 0.443 e. The summed E-state index contributed by atoms with van der Waals surface area (Å²) >= 11 is 0. The van der Waals surface area contributed by atoms with Crippen LogP contribution in [0.1, 0.15) is 40.5 Å². The van der Waals surface area contributed by atoms with E-state index in [1.165, 1.54) is 5.57 Å². The van der Waals surface area contributed by atoms with E-state index >= 15 is 0 Å². The minimum Gasteiger partial charge on any atom is -0.443 e. The molecule has 1 saturated heterocycles.